The van der Waals surface area contributed by atoms with Crippen LogP contribution in [0, 0.1) is 5.95 Å². The van der Waals surface area contributed by atoms with E-state index in [1.807, 2.05) is 6.07 Å². The summed E-state index contributed by atoms with van der Waals surface area (Å²) in [5.74, 6) is -0.549. The molecule has 0 unspecified atom stereocenters. The third-order valence-corrected chi connectivity index (χ3v) is 5.71. The molecule has 3 radical (unpaired) electrons. The van der Waals surface area contributed by atoms with Crippen molar-refractivity contribution in [2.45, 2.75) is 4.90 Å². The fourth-order valence-corrected chi connectivity index (χ4v) is 4.76. The van der Waals surface area contributed by atoms with Gasteiger partial charge in [0.05, 0.1) is 0 Å². The number of rotatable bonds is 3. The van der Waals surface area contributed by atoms with Crippen LogP contribution >= 0.6 is 11.8 Å². The Kier molecular flexibility index (Phi) is 4.79. The Balaban J connectivity index is 1.99. The number of nitrogens with zero attached hydrogens (tertiary/aromatic N) is 3. The van der Waals surface area contributed by atoms with E-state index in [-0.39, 0.29) is 5.91 Å². The zero-order chi connectivity index (χ0) is 14.8. The van der Waals surface area contributed by atoms with Crippen LogP contribution in [0.1, 0.15) is 10.5 Å². The van der Waals surface area contributed by atoms with Gasteiger partial charge in [-0.25, -0.2) is 0 Å². The Morgan fingerprint density at radius 2 is 2.19 bits per heavy atom. The molecule has 1 amide bonds. The first kappa shape index (κ1) is 15.2. The van der Waals surface area contributed by atoms with E-state index in [2.05, 4.69) is 4.98 Å². The van der Waals surface area contributed by atoms with Crippen LogP contribution in [-0.2, 0) is 4.74 Å². The number of ether oxygens (including phenoxy) is 1. The van der Waals surface area contributed by atoms with Crippen LogP contribution in [0.4, 0.5) is 4.39 Å². The van der Waals surface area contributed by atoms with E-state index in [9.17, 15) is 9.18 Å². The van der Waals surface area contributed by atoms with Gasteiger partial charge >= 0.3 is 142 Å². The molecule has 1 aliphatic heterocycles. The van der Waals surface area contributed by atoms with Crippen molar-refractivity contribution in [3.63, 3.8) is 0 Å². The average molecular weight is 502 g/mol. The maximum atomic E-state index is 14.1. The van der Waals surface area contributed by atoms with Gasteiger partial charge in [0.25, 0.3) is 0 Å². The van der Waals surface area contributed by atoms with E-state index in [0.29, 0.717) is 37.5 Å². The molecule has 2 aromatic heterocycles. The number of hydrogen-bond acceptors (Lipinski definition) is 4. The number of pyridine rings is 1. The molecule has 8 heteroatoms. The number of hydrogen-bond donors (Lipinski definition) is 0. The van der Waals surface area contributed by atoms with E-state index in [0.717, 1.165) is 34.0 Å². The molecule has 0 atom stereocenters. The summed E-state index contributed by atoms with van der Waals surface area (Å²) in [6.45, 7) is 2.17. The second kappa shape index (κ2) is 6.61. The fourth-order valence-electron chi connectivity index (χ4n) is 2.28. The van der Waals surface area contributed by atoms with Crippen LogP contribution < -0.4 is 0 Å². The molecule has 0 N–H and O–H groups in total. The Morgan fingerprint density at radius 1 is 1.43 bits per heavy atom. The van der Waals surface area contributed by atoms with E-state index >= 15 is 0 Å². The predicted molar refractivity (Wildman–Crippen MR) is 78.4 cm³/mol. The van der Waals surface area contributed by atoms with Gasteiger partial charge in [0, 0.05) is 0 Å². The molecular weight excluding hydrogens is 488 g/mol. The van der Waals surface area contributed by atoms with Gasteiger partial charge in [0.15, 0.2) is 0 Å². The SMILES string of the molecule is O=C(c1ncn2c(F)cc(S[CH2][Pb])cc12)N1CCOCC1. The summed E-state index contributed by atoms with van der Waals surface area (Å²) in [4.78, 5) is 19.2. The van der Waals surface area contributed by atoms with Gasteiger partial charge in [-0.05, 0) is 0 Å². The first-order valence-electron chi connectivity index (χ1n) is 6.51. The van der Waals surface area contributed by atoms with Crippen LogP contribution in [0.15, 0.2) is 23.4 Å². The number of halogens is 1. The van der Waals surface area contributed by atoms with Crippen molar-refractivity contribution in [1.29, 1.82) is 0 Å². The molecule has 0 bridgehead atoms. The second-order valence-electron chi connectivity index (χ2n) is 4.56. The standard InChI is InChI=1S/C13H13FN3O2S.Pb/c1-20-9-6-10-12(15-8-17(10)11(14)7-9)13(18)16-2-4-19-5-3-16;/h6-8H,1-5H2;. The van der Waals surface area contributed by atoms with E-state index in [1.54, 1.807) is 16.7 Å². The summed E-state index contributed by atoms with van der Waals surface area (Å²) in [5.41, 5.74) is 0.843. The molecule has 1 saturated heterocycles. The Morgan fingerprint density at radius 3 is 2.90 bits per heavy atom. The molecule has 21 heavy (non-hydrogen) atoms. The quantitative estimate of drug-likeness (QED) is 0.360. The maximum absolute atomic E-state index is 14.1. The van der Waals surface area contributed by atoms with Crippen LogP contribution in [0.25, 0.3) is 5.52 Å². The van der Waals surface area contributed by atoms with Crippen LogP contribution in [0.3, 0.4) is 0 Å². The first-order chi connectivity index (χ1) is 10.2. The monoisotopic (exact) mass is 502 g/mol. The van der Waals surface area contributed by atoms with Gasteiger partial charge in [-0.3, -0.25) is 0 Å². The zero-order valence-corrected chi connectivity index (χ0v) is 15.9. The minimum absolute atomic E-state index is 0.159. The van der Waals surface area contributed by atoms with Gasteiger partial charge in [0.2, 0.25) is 0 Å². The predicted octanol–water partition coefficient (Wildman–Crippen LogP) is 1.16. The molecule has 1 aliphatic rings. The van der Waals surface area contributed by atoms with Gasteiger partial charge in [-0.1, -0.05) is 0 Å². The third kappa shape index (κ3) is 3.09. The normalized spacial score (nSPS) is 15.6. The number of thioether (sulfide) groups is 1. The molecule has 1 fully saturated rings. The van der Waals surface area contributed by atoms with Gasteiger partial charge in [0.1, 0.15) is 0 Å². The van der Waals surface area contributed by atoms with Gasteiger partial charge in [-0.15, -0.1) is 0 Å². The first-order valence-corrected chi connectivity index (χ1v) is 10.2. The molecule has 3 rings (SSSR count). The number of fused-ring (bicyclic) bond motifs is 1. The number of amides is 1. The Labute approximate surface area is 141 Å². The Hall–Kier alpha value is -0.678. The van der Waals surface area contributed by atoms with Crippen molar-refractivity contribution in [2.24, 2.45) is 0 Å². The van der Waals surface area contributed by atoms with Crippen LogP contribution in [0.5, 0.6) is 0 Å². The number of carbonyl (C=O) groups excluding carboxylic acids is 1. The molecule has 0 aromatic carbocycles. The molecule has 5 nitrogen and oxygen atoms in total. The van der Waals surface area contributed by atoms with Crippen molar-refractivity contribution in [2.75, 3.05) is 29.6 Å². The zero-order valence-electron chi connectivity index (χ0n) is 11.2. The minimum atomic E-state index is -0.390. The molecular formula is C13H13FN3O2PbS. The number of morpholine rings is 1. The van der Waals surface area contributed by atoms with Crippen molar-refractivity contribution in [1.82, 2.24) is 14.3 Å². The summed E-state index contributed by atoms with van der Waals surface area (Å²) in [6.07, 6.45) is 1.37. The van der Waals surface area contributed by atoms with Crippen molar-refractivity contribution < 1.29 is 13.9 Å². The summed E-state index contributed by atoms with van der Waals surface area (Å²) < 4.78 is 21.6. The van der Waals surface area contributed by atoms with Crippen molar-refractivity contribution in [3.8, 4) is 0 Å². The second-order valence-corrected chi connectivity index (χ2v) is 8.97. The number of carbonyl (C=O) groups is 1. The molecule has 2 aromatic rings. The summed E-state index contributed by atoms with van der Waals surface area (Å²) in [6, 6.07) is 3.33. The van der Waals surface area contributed by atoms with E-state index < -0.39 is 5.95 Å². The molecule has 109 valence electrons. The van der Waals surface area contributed by atoms with E-state index in [4.69, 9.17) is 4.74 Å². The Bertz CT molecular complexity index is 673. The fraction of sp³-hybridized carbons (Fsp3) is 0.385. The molecule has 3 heterocycles. The number of imidazole rings is 1. The third-order valence-electron chi connectivity index (χ3n) is 3.31. The average Bonchev–Trinajstić information content (AvgIpc) is 2.92. The molecule has 0 aliphatic carbocycles. The summed E-state index contributed by atoms with van der Waals surface area (Å²) >= 11 is 2.64. The van der Waals surface area contributed by atoms with Gasteiger partial charge < -0.3 is 0 Å². The van der Waals surface area contributed by atoms with Crippen molar-refractivity contribution >= 4 is 49.0 Å². The number of aromatic nitrogens is 2. The molecule has 0 spiro atoms. The molecule has 0 saturated carbocycles. The summed E-state index contributed by atoms with van der Waals surface area (Å²) in [5, 5.41) is 0. The van der Waals surface area contributed by atoms with Crippen LogP contribution in [-0.4, -0.2) is 75.6 Å². The van der Waals surface area contributed by atoms with Gasteiger partial charge in [-0.2, -0.15) is 0 Å². The van der Waals surface area contributed by atoms with Crippen molar-refractivity contribution in [3.05, 3.63) is 30.1 Å². The topological polar surface area (TPSA) is 46.8 Å². The summed E-state index contributed by atoms with van der Waals surface area (Å²) in [7, 11) is 0. The van der Waals surface area contributed by atoms with Crippen LogP contribution in [0.2, 0.25) is 0 Å². The van der Waals surface area contributed by atoms with E-state index in [1.165, 1.54) is 16.8 Å².